The van der Waals surface area contributed by atoms with Crippen molar-refractivity contribution in [2.24, 2.45) is 5.73 Å². The minimum atomic E-state index is -0.182. The van der Waals surface area contributed by atoms with Crippen LogP contribution in [0.5, 0.6) is 0 Å². The lowest BCUT2D eigenvalue weighted by molar-refractivity contribution is 0.0941. The van der Waals surface area contributed by atoms with E-state index in [1.54, 1.807) is 12.1 Å². The minimum absolute atomic E-state index is 0. The molecule has 0 bridgehead atoms. The van der Waals surface area contributed by atoms with Crippen LogP contribution in [0.4, 0.5) is 0 Å². The molecule has 3 nitrogen and oxygen atoms in total. The van der Waals surface area contributed by atoms with Crippen LogP contribution < -0.4 is 11.1 Å². The highest BCUT2D eigenvalue weighted by Gasteiger charge is 2.11. The highest BCUT2D eigenvalue weighted by atomic mass is 35.5. The summed E-state index contributed by atoms with van der Waals surface area (Å²) in [6, 6.07) is 5.29. The largest absolute Gasteiger partial charge is 0.348 e. The fourth-order valence-corrected chi connectivity index (χ4v) is 1.49. The van der Waals surface area contributed by atoms with Crippen LogP contribution in [0.1, 0.15) is 22.8 Å². The molecule has 0 unspecified atom stereocenters. The molecule has 1 rings (SSSR count). The van der Waals surface area contributed by atoms with Crippen LogP contribution in [0, 0.1) is 6.92 Å². The minimum Gasteiger partial charge on any atom is -0.348 e. The van der Waals surface area contributed by atoms with Gasteiger partial charge in [-0.15, -0.1) is 12.4 Å². The summed E-state index contributed by atoms with van der Waals surface area (Å²) in [5.41, 5.74) is 6.93. The third-order valence-corrected chi connectivity index (χ3v) is 2.41. The van der Waals surface area contributed by atoms with Crippen molar-refractivity contribution in [3.63, 3.8) is 0 Å². The van der Waals surface area contributed by atoms with Crippen molar-refractivity contribution in [1.29, 1.82) is 0 Å². The van der Waals surface area contributed by atoms with Crippen molar-refractivity contribution in [2.45, 2.75) is 19.9 Å². The summed E-state index contributed by atoms with van der Waals surface area (Å²) >= 11 is 5.96. The van der Waals surface area contributed by atoms with Crippen LogP contribution in [-0.4, -0.2) is 18.5 Å². The third-order valence-electron chi connectivity index (χ3n) is 2.10. The summed E-state index contributed by atoms with van der Waals surface area (Å²) in [5, 5.41) is 3.23. The van der Waals surface area contributed by atoms with Gasteiger partial charge in [-0.05, 0) is 31.5 Å². The lowest BCUT2D eigenvalue weighted by atomic mass is 10.1. The monoisotopic (exact) mass is 262 g/mol. The van der Waals surface area contributed by atoms with E-state index in [-0.39, 0.29) is 24.4 Å². The van der Waals surface area contributed by atoms with Crippen LogP contribution in [0.3, 0.4) is 0 Å². The number of hydrogen-bond donors (Lipinski definition) is 2. The van der Waals surface area contributed by atoms with Gasteiger partial charge >= 0.3 is 0 Å². The summed E-state index contributed by atoms with van der Waals surface area (Å²) < 4.78 is 0. The lowest BCUT2D eigenvalue weighted by Gasteiger charge is -2.12. The van der Waals surface area contributed by atoms with E-state index in [1.165, 1.54) is 0 Å². The van der Waals surface area contributed by atoms with Crippen molar-refractivity contribution < 1.29 is 4.79 Å². The molecule has 1 aromatic carbocycles. The Bertz CT molecular complexity index is 369. The molecule has 1 amide bonds. The zero-order valence-electron chi connectivity index (χ0n) is 9.29. The topological polar surface area (TPSA) is 55.1 Å². The first kappa shape index (κ1) is 15.2. The van der Waals surface area contributed by atoms with E-state index in [1.807, 2.05) is 19.9 Å². The summed E-state index contributed by atoms with van der Waals surface area (Å²) in [7, 11) is 0. The summed E-state index contributed by atoms with van der Waals surface area (Å²) in [6.45, 7) is 4.19. The van der Waals surface area contributed by atoms with Crippen LogP contribution in [0.25, 0.3) is 0 Å². The van der Waals surface area contributed by atoms with E-state index >= 15 is 0 Å². The quantitative estimate of drug-likeness (QED) is 0.877. The number of aryl methyl sites for hydroxylation is 1. The second-order valence-electron chi connectivity index (χ2n) is 3.59. The Balaban J connectivity index is 0.00000225. The molecular weight excluding hydrogens is 247 g/mol. The molecule has 3 N–H and O–H groups in total. The number of carbonyl (C=O) groups excluding carboxylic acids is 1. The number of benzene rings is 1. The third kappa shape index (κ3) is 4.00. The molecule has 0 heterocycles. The van der Waals surface area contributed by atoms with Gasteiger partial charge < -0.3 is 11.1 Å². The Morgan fingerprint density at radius 2 is 2.19 bits per heavy atom. The van der Waals surface area contributed by atoms with Crippen molar-refractivity contribution in [2.75, 3.05) is 6.54 Å². The van der Waals surface area contributed by atoms with E-state index in [0.717, 1.165) is 5.56 Å². The van der Waals surface area contributed by atoms with E-state index in [0.29, 0.717) is 17.1 Å². The van der Waals surface area contributed by atoms with Gasteiger partial charge in [-0.25, -0.2) is 0 Å². The Morgan fingerprint density at radius 1 is 1.56 bits per heavy atom. The van der Waals surface area contributed by atoms with Gasteiger partial charge in [0.25, 0.3) is 5.91 Å². The smallest absolute Gasteiger partial charge is 0.253 e. The number of rotatable bonds is 3. The Labute approximate surface area is 107 Å². The van der Waals surface area contributed by atoms with E-state index in [4.69, 9.17) is 17.3 Å². The fraction of sp³-hybridized carbons (Fsp3) is 0.364. The number of amides is 1. The highest BCUT2D eigenvalue weighted by Crippen LogP contribution is 2.17. The molecule has 0 aromatic heterocycles. The molecular formula is C11H16Cl2N2O. The summed E-state index contributed by atoms with van der Waals surface area (Å²) in [6.07, 6.45) is 0. The van der Waals surface area contributed by atoms with Gasteiger partial charge in [-0.1, -0.05) is 17.7 Å². The van der Waals surface area contributed by atoms with Gasteiger partial charge in [0.2, 0.25) is 0 Å². The summed E-state index contributed by atoms with van der Waals surface area (Å²) in [5.74, 6) is -0.182. The van der Waals surface area contributed by atoms with Crippen LogP contribution >= 0.6 is 24.0 Å². The predicted octanol–water partition coefficient (Wildman–Crippen LogP) is 2.15. The molecule has 1 atom stereocenters. The zero-order valence-corrected chi connectivity index (χ0v) is 10.9. The zero-order chi connectivity index (χ0) is 11.4. The first-order chi connectivity index (χ1) is 7.04. The van der Waals surface area contributed by atoms with Gasteiger partial charge in [0.15, 0.2) is 0 Å². The summed E-state index contributed by atoms with van der Waals surface area (Å²) in [4.78, 5) is 11.7. The highest BCUT2D eigenvalue weighted by molar-refractivity contribution is 6.33. The maximum atomic E-state index is 11.7. The standard InChI is InChI=1S/C11H15ClN2O.ClH/c1-7-3-4-9(10(12)5-7)11(15)14-8(2)6-13;/h3-5,8H,6,13H2,1-2H3,(H,14,15);1H/t8-;/m1./s1. The molecule has 0 radical (unpaired) electrons. The van der Waals surface area contributed by atoms with Crippen LogP contribution in [0.15, 0.2) is 18.2 Å². The molecule has 90 valence electrons. The molecule has 0 saturated heterocycles. The van der Waals surface area contributed by atoms with Gasteiger partial charge in [0.1, 0.15) is 0 Å². The molecule has 0 fully saturated rings. The van der Waals surface area contributed by atoms with Gasteiger partial charge in [0.05, 0.1) is 10.6 Å². The van der Waals surface area contributed by atoms with Crippen molar-refractivity contribution in [1.82, 2.24) is 5.32 Å². The van der Waals surface area contributed by atoms with Crippen molar-refractivity contribution in [3.8, 4) is 0 Å². The first-order valence-corrected chi connectivity index (χ1v) is 5.19. The number of hydrogen-bond acceptors (Lipinski definition) is 2. The van der Waals surface area contributed by atoms with Crippen LogP contribution in [0.2, 0.25) is 5.02 Å². The molecule has 1 aromatic rings. The average Bonchev–Trinajstić information content (AvgIpc) is 2.17. The number of halogens is 2. The van der Waals surface area contributed by atoms with Gasteiger partial charge in [0, 0.05) is 12.6 Å². The van der Waals surface area contributed by atoms with Gasteiger partial charge in [-0.2, -0.15) is 0 Å². The molecule has 5 heteroatoms. The normalized spacial score (nSPS) is 11.5. The molecule has 0 aliphatic rings. The van der Waals surface area contributed by atoms with E-state index in [9.17, 15) is 4.79 Å². The number of carbonyl (C=O) groups is 1. The molecule has 0 aliphatic carbocycles. The Morgan fingerprint density at radius 3 is 2.69 bits per heavy atom. The van der Waals surface area contributed by atoms with E-state index < -0.39 is 0 Å². The maximum Gasteiger partial charge on any atom is 0.253 e. The van der Waals surface area contributed by atoms with Crippen molar-refractivity contribution in [3.05, 3.63) is 34.3 Å². The second-order valence-corrected chi connectivity index (χ2v) is 4.00. The molecule has 0 saturated carbocycles. The number of nitrogens with one attached hydrogen (secondary N) is 1. The second kappa shape index (κ2) is 6.74. The number of nitrogens with two attached hydrogens (primary N) is 1. The molecule has 16 heavy (non-hydrogen) atoms. The Hall–Kier alpha value is -0.770. The fourth-order valence-electron chi connectivity index (χ4n) is 1.16. The van der Waals surface area contributed by atoms with E-state index in [2.05, 4.69) is 5.32 Å². The lowest BCUT2D eigenvalue weighted by Crippen LogP contribution is -2.37. The average molecular weight is 263 g/mol. The molecule has 0 spiro atoms. The van der Waals surface area contributed by atoms with Gasteiger partial charge in [-0.3, -0.25) is 4.79 Å². The Kier molecular flexibility index (Phi) is 6.41. The maximum absolute atomic E-state index is 11.7. The first-order valence-electron chi connectivity index (χ1n) is 4.81. The SMILES string of the molecule is Cc1ccc(C(=O)N[C@H](C)CN)c(Cl)c1.Cl. The molecule has 0 aliphatic heterocycles. The predicted molar refractivity (Wildman–Crippen MR) is 69.4 cm³/mol. The van der Waals surface area contributed by atoms with Crippen LogP contribution in [-0.2, 0) is 0 Å². The van der Waals surface area contributed by atoms with Crippen molar-refractivity contribution >= 4 is 29.9 Å².